The number of pyridine rings is 1. The average Bonchev–Trinajstić information content (AvgIpc) is 3.12. The van der Waals surface area contributed by atoms with E-state index in [9.17, 15) is 23.1 Å². The molecule has 2 N–H and O–H groups in total. The lowest BCUT2D eigenvalue weighted by molar-refractivity contribution is -0.137. The van der Waals surface area contributed by atoms with E-state index in [4.69, 9.17) is 4.74 Å². The van der Waals surface area contributed by atoms with E-state index >= 15 is 0 Å². The van der Waals surface area contributed by atoms with Gasteiger partial charge in [-0.05, 0) is 49.4 Å². The van der Waals surface area contributed by atoms with Crippen molar-refractivity contribution in [3.05, 3.63) is 59.9 Å². The third-order valence-electron chi connectivity index (χ3n) is 4.01. The van der Waals surface area contributed by atoms with Crippen LogP contribution < -0.4 is 10.1 Å². The Morgan fingerprint density at radius 1 is 1.20 bits per heavy atom. The number of nitrogens with zero attached hydrogens (tertiary/aromatic N) is 3. The van der Waals surface area contributed by atoms with Gasteiger partial charge in [0, 0.05) is 19.8 Å². The highest BCUT2D eigenvalue weighted by Crippen LogP contribution is 2.34. The molecule has 158 valence electrons. The van der Waals surface area contributed by atoms with E-state index < -0.39 is 23.8 Å². The van der Waals surface area contributed by atoms with E-state index in [0.29, 0.717) is 5.69 Å². The van der Waals surface area contributed by atoms with Crippen LogP contribution in [0.5, 0.6) is 11.5 Å². The SMILES string of the molecule is CC(O)CNC(=O)c1ccc(Oc2ccc(C(F)(F)F)cc2)c(-c2ccn(C)n2)n1. The molecule has 3 rings (SSSR count). The summed E-state index contributed by atoms with van der Waals surface area (Å²) in [6, 6.07) is 8.82. The van der Waals surface area contributed by atoms with Crippen LogP contribution in [0.4, 0.5) is 13.2 Å². The predicted molar refractivity (Wildman–Crippen MR) is 102 cm³/mol. The van der Waals surface area contributed by atoms with Gasteiger partial charge in [0.2, 0.25) is 0 Å². The van der Waals surface area contributed by atoms with Gasteiger partial charge in [0.1, 0.15) is 22.8 Å². The van der Waals surface area contributed by atoms with Crippen LogP contribution >= 0.6 is 0 Å². The van der Waals surface area contributed by atoms with Crippen molar-refractivity contribution in [1.29, 1.82) is 0 Å². The van der Waals surface area contributed by atoms with Gasteiger partial charge in [-0.3, -0.25) is 9.48 Å². The molecule has 0 aliphatic rings. The minimum atomic E-state index is -4.44. The number of alkyl halides is 3. The van der Waals surface area contributed by atoms with Gasteiger partial charge in [-0.2, -0.15) is 18.3 Å². The number of carbonyl (C=O) groups is 1. The lowest BCUT2D eigenvalue weighted by Gasteiger charge is -2.12. The smallest absolute Gasteiger partial charge is 0.416 e. The fourth-order valence-corrected chi connectivity index (χ4v) is 2.55. The molecule has 2 heterocycles. The van der Waals surface area contributed by atoms with Crippen molar-refractivity contribution >= 4 is 5.91 Å². The van der Waals surface area contributed by atoms with Crippen molar-refractivity contribution in [2.75, 3.05) is 6.54 Å². The Hall–Kier alpha value is -3.40. The van der Waals surface area contributed by atoms with Crippen molar-refractivity contribution in [3.8, 4) is 22.9 Å². The summed E-state index contributed by atoms with van der Waals surface area (Å²) < 4.78 is 45.5. The molecule has 0 aliphatic carbocycles. The highest BCUT2D eigenvalue weighted by molar-refractivity contribution is 5.93. The number of hydrogen-bond donors (Lipinski definition) is 2. The minimum absolute atomic E-state index is 0.0588. The minimum Gasteiger partial charge on any atom is -0.455 e. The summed E-state index contributed by atoms with van der Waals surface area (Å²) in [6.07, 6.45) is -3.48. The fraction of sp³-hybridized carbons (Fsp3) is 0.250. The quantitative estimate of drug-likeness (QED) is 0.638. The second-order valence-electron chi connectivity index (χ2n) is 6.60. The monoisotopic (exact) mass is 420 g/mol. The first-order valence-electron chi connectivity index (χ1n) is 8.96. The standard InChI is InChI=1S/C20H19F3N4O3/c1-12(28)11-24-19(29)16-7-8-17(18(25-16)15-9-10-27(2)26-15)30-14-5-3-13(4-6-14)20(21,22)23/h3-10,12,28H,11H2,1-2H3,(H,24,29). The van der Waals surface area contributed by atoms with E-state index in [1.165, 1.54) is 31.2 Å². The highest BCUT2D eigenvalue weighted by atomic mass is 19.4. The molecule has 1 amide bonds. The Balaban J connectivity index is 1.92. The van der Waals surface area contributed by atoms with E-state index in [0.717, 1.165) is 12.1 Å². The molecular weight excluding hydrogens is 401 g/mol. The molecule has 0 radical (unpaired) electrons. The summed E-state index contributed by atoms with van der Waals surface area (Å²) in [5, 5.41) is 16.1. The lowest BCUT2D eigenvalue weighted by Crippen LogP contribution is -2.31. The van der Waals surface area contributed by atoms with E-state index in [1.807, 2.05) is 0 Å². The third kappa shape index (κ3) is 5.15. The molecule has 0 aliphatic heterocycles. The Morgan fingerprint density at radius 3 is 2.47 bits per heavy atom. The third-order valence-corrected chi connectivity index (χ3v) is 4.01. The number of carbonyl (C=O) groups excluding carboxylic acids is 1. The Labute approximate surface area is 170 Å². The van der Waals surface area contributed by atoms with Gasteiger partial charge in [0.05, 0.1) is 11.7 Å². The van der Waals surface area contributed by atoms with Gasteiger partial charge in [-0.1, -0.05) is 0 Å². The molecule has 1 unspecified atom stereocenters. The maximum atomic E-state index is 12.8. The molecule has 0 fully saturated rings. The number of hydrogen-bond acceptors (Lipinski definition) is 5. The molecule has 3 aromatic rings. The van der Waals surface area contributed by atoms with Crippen LogP contribution in [0, 0.1) is 0 Å². The number of halogens is 3. The first-order chi connectivity index (χ1) is 14.1. The van der Waals surface area contributed by atoms with Gasteiger partial charge >= 0.3 is 6.18 Å². The summed E-state index contributed by atoms with van der Waals surface area (Å²) in [5.41, 5.74) is -0.0380. The maximum Gasteiger partial charge on any atom is 0.416 e. The molecule has 0 spiro atoms. The predicted octanol–water partition coefficient (Wildman–Crippen LogP) is 3.40. The summed E-state index contributed by atoms with van der Waals surface area (Å²) in [4.78, 5) is 16.6. The van der Waals surface area contributed by atoms with Crippen LogP contribution in [-0.4, -0.2) is 38.4 Å². The summed E-state index contributed by atoms with van der Waals surface area (Å²) >= 11 is 0. The zero-order chi connectivity index (χ0) is 21.9. The number of aryl methyl sites for hydroxylation is 1. The number of ether oxygens (including phenoxy) is 1. The molecule has 0 bridgehead atoms. The van der Waals surface area contributed by atoms with Gasteiger partial charge < -0.3 is 15.2 Å². The highest BCUT2D eigenvalue weighted by Gasteiger charge is 2.30. The number of rotatable bonds is 6. The van der Waals surface area contributed by atoms with Crippen molar-refractivity contribution in [2.24, 2.45) is 7.05 Å². The normalized spacial score (nSPS) is 12.5. The van der Waals surface area contributed by atoms with E-state index in [2.05, 4.69) is 15.4 Å². The van der Waals surface area contributed by atoms with Crippen LogP contribution in [0.15, 0.2) is 48.7 Å². The Morgan fingerprint density at radius 2 is 1.90 bits per heavy atom. The first-order valence-corrected chi connectivity index (χ1v) is 8.96. The molecular formula is C20H19F3N4O3. The summed E-state index contributed by atoms with van der Waals surface area (Å²) in [5.74, 6) is -0.0945. The number of nitrogens with one attached hydrogen (secondary N) is 1. The number of aliphatic hydroxyl groups is 1. The topological polar surface area (TPSA) is 89.3 Å². The summed E-state index contributed by atoms with van der Waals surface area (Å²) in [6.45, 7) is 1.59. The number of amides is 1. The van der Waals surface area contributed by atoms with Crippen LogP contribution in [0.25, 0.3) is 11.4 Å². The van der Waals surface area contributed by atoms with E-state index in [1.54, 1.807) is 24.0 Å². The van der Waals surface area contributed by atoms with Crippen molar-refractivity contribution < 1.29 is 27.8 Å². The average molecular weight is 420 g/mol. The largest absolute Gasteiger partial charge is 0.455 e. The molecule has 10 heteroatoms. The zero-order valence-corrected chi connectivity index (χ0v) is 16.1. The van der Waals surface area contributed by atoms with Crippen LogP contribution in [0.1, 0.15) is 23.0 Å². The maximum absolute atomic E-state index is 12.8. The number of aliphatic hydroxyl groups excluding tert-OH is 1. The molecule has 2 aromatic heterocycles. The molecule has 0 saturated heterocycles. The zero-order valence-electron chi connectivity index (χ0n) is 16.1. The summed E-state index contributed by atoms with van der Waals surface area (Å²) in [7, 11) is 1.71. The molecule has 1 aromatic carbocycles. The first kappa shape index (κ1) is 21.3. The number of benzene rings is 1. The van der Waals surface area contributed by atoms with Crippen molar-refractivity contribution in [2.45, 2.75) is 19.2 Å². The van der Waals surface area contributed by atoms with Crippen LogP contribution in [0.2, 0.25) is 0 Å². The van der Waals surface area contributed by atoms with Gasteiger partial charge in [0.25, 0.3) is 5.91 Å². The number of aromatic nitrogens is 3. The van der Waals surface area contributed by atoms with E-state index in [-0.39, 0.29) is 29.4 Å². The molecule has 30 heavy (non-hydrogen) atoms. The Kier molecular flexibility index (Phi) is 6.06. The van der Waals surface area contributed by atoms with Crippen molar-refractivity contribution in [1.82, 2.24) is 20.1 Å². The second kappa shape index (κ2) is 8.54. The van der Waals surface area contributed by atoms with Crippen LogP contribution in [-0.2, 0) is 13.2 Å². The molecule has 1 atom stereocenters. The van der Waals surface area contributed by atoms with Crippen molar-refractivity contribution in [3.63, 3.8) is 0 Å². The molecule has 7 nitrogen and oxygen atoms in total. The van der Waals surface area contributed by atoms with Gasteiger partial charge in [-0.15, -0.1) is 0 Å². The second-order valence-corrected chi connectivity index (χ2v) is 6.60. The van der Waals surface area contributed by atoms with Gasteiger partial charge in [0.15, 0.2) is 5.75 Å². The Bertz CT molecular complexity index is 1030. The fourth-order valence-electron chi connectivity index (χ4n) is 2.55. The molecule has 0 saturated carbocycles. The lowest BCUT2D eigenvalue weighted by atomic mass is 10.2. The van der Waals surface area contributed by atoms with Gasteiger partial charge in [-0.25, -0.2) is 4.98 Å². The van der Waals surface area contributed by atoms with Crippen LogP contribution in [0.3, 0.4) is 0 Å².